The third kappa shape index (κ3) is 1.90. The largest absolute Gasteiger partial charge is 0.468 e. The zero-order valence-corrected chi connectivity index (χ0v) is 11.8. The monoisotopic (exact) mass is 269 g/mol. The highest BCUT2D eigenvalue weighted by Crippen LogP contribution is 2.55. The molecule has 1 N–H and O–H groups in total. The fraction of sp³-hybridized carbons (Fsp3) is 0.353. The Morgan fingerprint density at radius 2 is 2.05 bits per heavy atom. The molecule has 1 aliphatic carbocycles. The topological polar surface area (TPSA) is 38.3 Å². The van der Waals surface area contributed by atoms with Gasteiger partial charge in [0.2, 0.25) is 0 Å². The average molecular weight is 269 g/mol. The first kappa shape index (κ1) is 13.1. The Kier molecular flexibility index (Phi) is 3.22. The summed E-state index contributed by atoms with van der Waals surface area (Å²) < 4.78 is 5.05. The van der Waals surface area contributed by atoms with Gasteiger partial charge < -0.3 is 10.1 Å². The quantitative estimate of drug-likeness (QED) is 0.867. The molecular weight excluding hydrogens is 250 g/mol. The van der Waals surface area contributed by atoms with Crippen molar-refractivity contribution in [3.8, 4) is 0 Å². The molecule has 0 bridgehead atoms. The molecule has 2 atom stereocenters. The normalized spacial score (nSPS) is 24.6. The van der Waals surface area contributed by atoms with E-state index >= 15 is 0 Å². The van der Waals surface area contributed by atoms with Gasteiger partial charge in [-0.15, -0.1) is 0 Å². The number of benzene rings is 2. The maximum absolute atomic E-state index is 12.3. The SMILES string of the molecule is CNC[C@H]1C[C@@]1(C(=O)OC)c1ccc2ccccc2c1. The number of methoxy groups -OCH3 is 1. The third-order valence-electron chi connectivity index (χ3n) is 4.37. The van der Waals surface area contributed by atoms with E-state index in [1.54, 1.807) is 0 Å². The number of fused-ring (bicyclic) bond motifs is 1. The Morgan fingerprint density at radius 3 is 2.75 bits per heavy atom. The number of carbonyl (C=O) groups is 1. The molecule has 0 aromatic heterocycles. The number of ether oxygens (including phenoxy) is 1. The van der Waals surface area contributed by atoms with Gasteiger partial charge in [0.25, 0.3) is 0 Å². The third-order valence-corrected chi connectivity index (χ3v) is 4.37. The van der Waals surface area contributed by atoms with Gasteiger partial charge in [0.1, 0.15) is 0 Å². The summed E-state index contributed by atoms with van der Waals surface area (Å²) in [5, 5.41) is 5.53. The number of nitrogens with one attached hydrogen (secondary N) is 1. The van der Waals surface area contributed by atoms with Crippen LogP contribution in [0.3, 0.4) is 0 Å². The second kappa shape index (κ2) is 4.91. The smallest absolute Gasteiger partial charge is 0.316 e. The summed E-state index contributed by atoms with van der Waals surface area (Å²) in [6.07, 6.45) is 0.860. The van der Waals surface area contributed by atoms with Gasteiger partial charge in [-0.25, -0.2) is 0 Å². The highest BCUT2D eigenvalue weighted by molar-refractivity contribution is 5.90. The number of rotatable bonds is 4. The minimum absolute atomic E-state index is 0.118. The zero-order valence-electron chi connectivity index (χ0n) is 11.8. The van der Waals surface area contributed by atoms with Crippen molar-refractivity contribution in [2.24, 2.45) is 5.92 Å². The molecule has 0 unspecified atom stereocenters. The lowest BCUT2D eigenvalue weighted by molar-refractivity contribution is -0.144. The molecular formula is C17H19NO2. The van der Waals surface area contributed by atoms with Gasteiger partial charge in [0, 0.05) is 0 Å². The van der Waals surface area contributed by atoms with Gasteiger partial charge in [-0.2, -0.15) is 0 Å². The van der Waals surface area contributed by atoms with Crippen LogP contribution in [-0.4, -0.2) is 26.7 Å². The van der Waals surface area contributed by atoms with Gasteiger partial charge in [-0.3, -0.25) is 4.79 Å². The Labute approximate surface area is 118 Å². The Balaban J connectivity index is 2.04. The summed E-state index contributed by atoms with van der Waals surface area (Å²) in [6.45, 7) is 0.835. The molecule has 1 saturated carbocycles. The summed E-state index contributed by atoms with van der Waals surface area (Å²) in [4.78, 5) is 12.3. The molecule has 0 aliphatic heterocycles. The second-order valence-corrected chi connectivity index (χ2v) is 5.48. The molecule has 2 aromatic rings. The summed E-state index contributed by atoms with van der Waals surface area (Å²) >= 11 is 0. The lowest BCUT2D eigenvalue weighted by Crippen LogP contribution is -2.27. The van der Waals surface area contributed by atoms with Gasteiger partial charge in [-0.05, 0) is 48.3 Å². The van der Waals surface area contributed by atoms with Crippen LogP contribution in [0.4, 0.5) is 0 Å². The molecule has 3 rings (SSSR count). The first-order valence-electron chi connectivity index (χ1n) is 6.94. The summed E-state index contributed by atoms with van der Waals surface area (Å²) in [5.41, 5.74) is 0.616. The molecule has 3 heteroatoms. The lowest BCUT2D eigenvalue weighted by atomic mass is 9.91. The zero-order chi connectivity index (χ0) is 14.2. The van der Waals surface area contributed by atoms with Gasteiger partial charge >= 0.3 is 5.97 Å². The molecule has 0 spiro atoms. The lowest BCUT2D eigenvalue weighted by Gasteiger charge is -2.16. The fourth-order valence-corrected chi connectivity index (χ4v) is 3.19. The van der Waals surface area contributed by atoms with Crippen LogP contribution in [-0.2, 0) is 14.9 Å². The maximum atomic E-state index is 12.3. The molecule has 1 aliphatic rings. The number of esters is 1. The van der Waals surface area contributed by atoms with Crippen LogP contribution in [0.25, 0.3) is 10.8 Å². The van der Waals surface area contributed by atoms with Gasteiger partial charge in [0.15, 0.2) is 0 Å². The van der Waals surface area contributed by atoms with Crippen LogP contribution in [0.1, 0.15) is 12.0 Å². The van der Waals surface area contributed by atoms with E-state index in [9.17, 15) is 4.79 Å². The summed E-state index contributed by atoms with van der Waals surface area (Å²) in [7, 11) is 3.39. The van der Waals surface area contributed by atoms with Crippen LogP contribution in [0.2, 0.25) is 0 Å². The standard InChI is InChI=1S/C17H19NO2/c1-18-11-15-10-17(15,16(19)20-2)14-8-7-12-5-3-4-6-13(12)9-14/h3-9,15,18H,10-11H2,1-2H3/t15-,17-/m1/s1. The van der Waals surface area contributed by atoms with Crippen molar-refractivity contribution >= 4 is 16.7 Å². The molecule has 0 radical (unpaired) electrons. The van der Waals surface area contributed by atoms with Crippen molar-refractivity contribution < 1.29 is 9.53 Å². The van der Waals surface area contributed by atoms with Crippen molar-refractivity contribution in [1.82, 2.24) is 5.32 Å². The van der Waals surface area contributed by atoms with Crippen molar-refractivity contribution in [3.63, 3.8) is 0 Å². The van der Waals surface area contributed by atoms with E-state index in [1.807, 2.05) is 19.2 Å². The van der Waals surface area contributed by atoms with Crippen molar-refractivity contribution in [1.29, 1.82) is 0 Å². The minimum atomic E-state index is -0.457. The van der Waals surface area contributed by atoms with Gasteiger partial charge in [0.05, 0.1) is 12.5 Å². The molecule has 3 nitrogen and oxygen atoms in total. The van der Waals surface area contributed by atoms with E-state index in [-0.39, 0.29) is 5.97 Å². The van der Waals surface area contributed by atoms with Crippen LogP contribution < -0.4 is 5.32 Å². The van der Waals surface area contributed by atoms with E-state index in [1.165, 1.54) is 17.9 Å². The van der Waals surface area contributed by atoms with Gasteiger partial charge in [-0.1, -0.05) is 36.4 Å². The maximum Gasteiger partial charge on any atom is 0.316 e. The van der Waals surface area contributed by atoms with E-state index in [4.69, 9.17) is 4.74 Å². The van der Waals surface area contributed by atoms with E-state index in [0.29, 0.717) is 5.92 Å². The fourth-order valence-electron chi connectivity index (χ4n) is 3.19. The van der Waals surface area contributed by atoms with Crippen molar-refractivity contribution in [3.05, 3.63) is 48.0 Å². The van der Waals surface area contributed by atoms with E-state index in [2.05, 4.69) is 35.6 Å². The second-order valence-electron chi connectivity index (χ2n) is 5.48. The Hall–Kier alpha value is -1.87. The minimum Gasteiger partial charge on any atom is -0.468 e. The number of hydrogen-bond acceptors (Lipinski definition) is 3. The molecule has 104 valence electrons. The highest BCUT2D eigenvalue weighted by Gasteiger charge is 2.61. The molecule has 0 heterocycles. The molecule has 0 saturated heterocycles. The average Bonchev–Trinajstić information content (AvgIpc) is 3.21. The first-order chi connectivity index (χ1) is 9.72. The number of hydrogen-bond donors (Lipinski definition) is 1. The Bertz CT molecular complexity index is 652. The summed E-state index contributed by atoms with van der Waals surface area (Å²) in [6, 6.07) is 14.5. The van der Waals surface area contributed by atoms with E-state index in [0.717, 1.165) is 18.5 Å². The number of carbonyl (C=O) groups excluding carboxylic acids is 1. The van der Waals surface area contributed by atoms with Crippen LogP contribution in [0.5, 0.6) is 0 Å². The molecule has 0 amide bonds. The molecule has 20 heavy (non-hydrogen) atoms. The predicted octanol–water partition coefficient (Wildman–Crippen LogP) is 2.49. The summed E-state index contributed by atoms with van der Waals surface area (Å²) in [5.74, 6) is 0.203. The Morgan fingerprint density at radius 1 is 1.30 bits per heavy atom. The van der Waals surface area contributed by atoms with E-state index < -0.39 is 5.41 Å². The first-order valence-corrected chi connectivity index (χ1v) is 6.94. The predicted molar refractivity (Wildman–Crippen MR) is 79.7 cm³/mol. The van der Waals surface area contributed by atoms with Crippen LogP contribution in [0, 0.1) is 5.92 Å². The van der Waals surface area contributed by atoms with Crippen LogP contribution >= 0.6 is 0 Å². The van der Waals surface area contributed by atoms with Crippen molar-refractivity contribution in [2.75, 3.05) is 20.7 Å². The molecule has 1 fully saturated rings. The highest BCUT2D eigenvalue weighted by atomic mass is 16.5. The van der Waals surface area contributed by atoms with Crippen LogP contribution in [0.15, 0.2) is 42.5 Å². The van der Waals surface area contributed by atoms with Crippen molar-refractivity contribution in [2.45, 2.75) is 11.8 Å². The molecule has 2 aromatic carbocycles.